The van der Waals surface area contributed by atoms with Gasteiger partial charge < -0.3 is 10.0 Å². The van der Waals surface area contributed by atoms with Crippen LogP contribution in [0.3, 0.4) is 0 Å². The molecule has 0 amide bonds. The Morgan fingerprint density at radius 1 is 1.44 bits per heavy atom. The molecule has 1 aromatic rings. The van der Waals surface area contributed by atoms with E-state index in [9.17, 15) is 9.90 Å². The van der Waals surface area contributed by atoms with Crippen LogP contribution in [0.1, 0.15) is 32.3 Å². The molecule has 0 saturated heterocycles. The van der Waals surface area contributed by atoms with Crippen molar-refractivity contribution in [2.75, 3.05) is 11.4 Å². The Labute approximate surface area is 113 Å². The predicted octanol–water partition coefficient (Wildman–Crippen LogP) is 3.73. The second-order valence-corrected chi connectivity index (χ2v) is 4.80. The monoisotopic (exact) mass is 269 g/mol. The number of halogens is 1. The number of carboxylic acid groups (broad SMARTS) is 1. The minimum absolute atomic E-state index is 0.497. The molecule has 18 heavy (non-hydrogen) atoms. The maximum Gasteiger partial charge on any atom is 0.326 e. The highest BCUT2D eigenvalue weighted by Gasteiger charge is 2.23. The third-order valence-electron chi connectivity index (χ3n) is 3.00. The van der Waals surface area contributed by atoms with Crippen LogP contribution >= 0.6 is 11.6 Å². The van der Waals surface area contributed by atoms with Gasteiger partial charge in [-0.05, 0) is 37.5 Å². The summed E-state index contributed by atoms with van der Waals surface area (Å²) in [5.41, 5.74) is 1.88. The van der Waals surface area contributed by atoms with E-state index in [4.69, 9.17) is 11.6 Å². The molecule has 0 fully saturated rings. The first kappa shape index (κ1) is 14.8. The molecule has 100 valence electrons. The summed E-state index contributed by atoms with van der Waals surface area (Å²) in [5.74, 6) is -0.789. The van der Waals surface area contributed by atoms with Crippen LogP contribution in [0, 0.1) is 6.92 Å². The molecule has 0 saturated carbocycles. The summed E-state index contributed by atoms with van der Waals surface area (Å²) < 4.78 is 0. The van der Waals surface area contributed by atoms with Gasteiger partial charge >= 0.3 is 5.97 Å². The summed E-state index contributed by atoms with van der Waals surface area (Å²) in [7, 11) is 0. The molecule has 0 heterocycles. The predicted molar refractivity (Wildman–Crippen MR) is 75.5 cm³/mol. The Balaban J connectivity index is 3.10. The van der Waals surface area contributed by atoms with Gasteiger partial charge in [-0.25, -0.2) is 4.79 Å². The number of hydrogen-bond donors (Lipinski definition) is 1. The highest BCUT2D eigenvalue weighted by Crippen LogP contribution is 2.25. The van der Waals surface area contributed by atoms with Crippen LogP contribution in [0.2, 0.25) is 5.02 Å². The molecule has 0 bridgehead atoms. The molecule has 0 aliphatic carbocycles. The lowest BCUT2D eigenvalue weighted by Crippen LogP contribution is -2.41. The quantitative estimate of drug-likeness (QED) is 0.855. The number of aryl methyl sites for hydroxylation is 1. The molecule has 4 heteroatoms. The van der Waals surface area contributed by atoms with Gasteiger partial charge in [-0.2, -0.15) is 0 Å². The topological polar surface area (TPSA) is 40.5 Å². The first-order valence-corrected chi connectivity index (χ1v) is 6.64. The molecule has 3 nitrogen and oxygen atoms in total. The zero-order chi connectivity index (χ0) is 13.7. The molecule has 1 N–H and O–H groups in total. The second-order valence-electron chi connectivity index (χ2n) is 4.39. The summed E-state index contributed by atoms with van der Waals surface area (Å²) in [6.07, 6.45) is 1.47. The van der Waals surface area contributed by atoms with Crippen LogP contribution < -0.4 is 4.90 Å². The SMILES string of the molecule is CCCN(c1ccc(C)c(Cl)c1)[C@H](CC)C(=O)O. The molecule has 0 aliphatic heterocycles. The van der Waals surface area contributed by atoms with Gasteiger partial charge in [0.2, 0.25) is 0 Å². The Hall–Kier alpha value is -1.22. The fourth-order valence-corrected chi connectivity index (χ4v) is 2.17. The molecule has 0 aliphatic rings. The van der Waals surface area contributed by atoms with Gasteiger partial charge in [0, 0.05) is 17.3 Å². The third kappa shape index (κ3) is 3.39. The van der Waals surface area contributed by atoms with Crippen molar-refractivity contribution >= 4 is 23.3 Å². The number of carboxylic acids is 1. The van der Waals surface area contributed by atoms with Crippen LogP contribution in [0.15, 0.2) is 18.2 Å². The lowest BCUT2D eigenvalue weighted by atomic mass is 10.1. The second kappa shape index (κ2) is 6.64. The minimum Gasteiger partial charge on any atom is -0.480 e. The van der Waals surface area contributed by atoms with Crippen molar-refractivity contribution in [2.24, 2.45) is 0 Å². The number of anilines is 1. The number of nitrogens with zero attached hydrogens (tertiary/aromatic N) is 1. The number of carbonyl (C=O) groups is 1. The fraction of sp³-hybridized carbons (Fsp3) is 0.500. The zero-order valence-electron chi connectivity index (χ0n) is 11.1. The minimum atomic E-state index is -0.789. The smallest absolute Gasteiger partial charge is 0.326 e. The Morgan fingerprint density at radius 2 is 2.11 bits per heavy atom. The van der Waals surface area contributed by atoms with E-state index in [0.29, 0.717) is 18.0 Å². The zero-order valence-corrected chi connectivity index (χ0v) is 11.9. The highest BCUT2D eigenvalue weighted by molar-refractivity contribution is 6.31. The van der Waals surface area contributed by atoms with E-state index in [-0.39, 0.29) is 0 Å². The van der Waals surface area contributed by atoms with E-state index >= 15 is 0 Å². The van der Waals surface area contributed by atoms with Crippen molar-refractivity contribution in [1.29, 1.82) is 0 Å². The molecular weight excluding hydrogens is 250 g/mol. The van der Waals surface area contributed by atoms with Crippen LogP contribution in [0.5, 0.6) is 0 Å². The van der Waals surface area contributed by atoms with Gasteiger partial charge in [0.05, 0.1) is 0 Å². The summed E-state index contributed by atoms with van der Waals surface area (Å²) in [6, 6.07) is 5.21. The fourth-order valence-electron chi connectivity index (χ4n) is 1.99. The van der Waals surface area contributed by atoms with E-state index in [2.05, 4.69) is 0 Å². The van der Waals surface area contributed by atoms with Crippen molar-refractivity contribution in [3.8, 4) is 0 Å². The molecule has 0 unspecified atom stereocenters. The van der Waals surface area contributed by atoms with E-state index in [1.165, 1.54) is 0 Å². The number of aliphatic carboxylic acids is 1. The molecular formula is C14H20ClNO2. The van der Waals surface area contributed by atoms with Crippen LogP contribution in [0.25, 0.3) is 0 Å². The van der Waals surface area contributed by atoms with Gasteiger partial charge in [0.15, 0.2) is 0 Å². The van der Waals surface area contributed by atoms with Gasteiger partial charge in [-0.3, -0.25) is 0 Å². The van der Waals surface area contributed by atoms with E-state index in [1.54, 1.807) is 0 Å². The molecule has 1 rings (SSSR count). The van der Waals surface area contributed by atoms with Gasteiger partial charge in [0.1, 0.15) is 6.04 Å². The number of benzene rings is 1. The van der Waals surface area contributed by atoms with Crippen LogP contribution in [-0.4, -0.2) is 23.7 Å². The van der Waals surface area contributed by atoms with Crippen molar-refractivity contribution in [2.45, 2.75) is 39.7 Å². The summed E-state index contributed by atoms with van der Waals surface area (Å²) in [6.45, 7) is 6.57. The Bertz CT molecular complexity index is 420. The van der Waals surface area contributed by atoms with E-state index in [0.717, 1.165) is 17.7 Å². The average molecular weight is 270 g/mol. The van der Waals surface area contributed by atoms with Crippen molar-refractivity contribution < 1.29 is 9.90 Å². The van der Waals surface area contributed by atoms with E-state index < -0.39 is 12.0 Å². The van der Waals surface area contributed by atoms with Crippen LogP contribution in [0.4, 0.5) is 5.69 Å². The lowest BCUT2D eigenvalue weighted by molar-refractivity contribution is -0.138. The van der Waals surface area contributed by atoms with Crippen molar-refractivity contribution in [1.82, 2.24) is 0 Å². The van der Waals surface area contributed by atoms with Crippen LogP contribution in [-0.2, 0) is 4.79 Å². The first-order valence-electron chi connectivity index (χ1n) is 6.26. The van der Waals surface area contributed by atoms with Gasteiger partial charge in [-0.1, -0.05) is 31.5 Å². The standard InChI is InChI=1S/C14H20ClNO2/c1-4-8-16(13(5-2)14(17)18)11-7-6-10(3)12(15)9-11/h6-7,9,13H,4-5,8H2,1-3H3,(H,17,18)/t13-/m1/s1. The molecule has 0 radical (unpaired) electrons. The highest BCUT2D eigenvalue weighted by atomic mass is 35.5. The normalized spacial score (nSPS) is 12.2. The summed E-state index contributed by atoms with van der Waals surface area (Å²) in [4.78, 5) is 13.2. The Morgan fingerprint density at radius 3 is 2.56 bits per heavy atom. The average Bonchev–Trinajstić information content (AvgIpc) is 2.32. The third-order valence-corrected chi connectivity index (χ3v) is 3.41. The van der Waals surface area contributed by atoms with Crippen molar-refractivity contribution in [3.63, 3.8) is 0 Å². The molecule has 1 atom stereocenters. The first-order chi connectivity index (χ1) is 8.51. The molecule has 0 spiro atoms. The van der Waals surface area contributed by atoms with E-state index in [1.807, 2.05) is 43.9 Å². The largest absolute Gasteiger partial charge is 0.480 e. The maximum atomic E-state index is 11.3. The Kier molecular flexibility index (Phi) is 5.48. The van der Waals surface area contributed by atoms with Gasteiger partial charge in [-0.15, -0.1) is 0 Å². The maximum absolute atomic E-state index is 11.3. The number of hydrogen-bond acceptors (Lipinski definition) is 2. The molecule has 0 aromatic heterocycles. The lowest BCUT2D eigenvalue weighted by Gasteiger charge is -2.30. The van der Waals surface area contributed by atoms with Gasteiger partial charge in [0.25, 0.3) is 0 Å². The van der Waals surface area contributed by atoms with Crippen molar-refractivity contribution in [3.05, 3.63) is 28.8 Å². The summed E-state index contributed by atoms with van der Waals surface area (Å²) in [5, 5.41) is 9.96. The molecule has 1 aromatic carbocycles. The summed E-state index contributed by atoms with van der Waals surface area (Å²) >= 11 is 6.11. The number of rotatable bonds is 6.